The minimum absolute atomic E-state index is 0.719. The summed E-state index contributed by atoms with van der Waals surface area (Å²) >= 11 is 0. The van der Waals surface area contributed by atoms with E-state index in [2.05, 4.69) is 49.4 Å². The van der Waals surface area contributed by atoms with E-state index < -0.39 is 0 Å². The third-order valence-electron chi connectivity index (χ3n) is 11.3. The van der Waals surface area contributed by atoms with Crippen molar-refractivity contribution in [1.82, 2.24) is 0 Å². The van der Waals surface area contributed by atoms with Gasteiger partial charge in [0.15, 0.2) is 0 Å². The summed E-state index contributed by atoms with van der Waals surface area (Å²) in [4.78, 5) is 2.69. The Morgan fingerprint density at radius 1 is 0.396 bits per heavy atom. The Hall–Kier alpha value is -1.96. The van der Waals surface area contributed by atoms with E-state index in [0.717, 1.165) is 18.8 Å². The summed E-state index contributed by atoms with van der Waals surface area (Å²) in [5.41, 5.74) is 2.71. The van der Waals surface area contributed by atoms with Crippen LogP contribution in [0.15, 0.2) is 54.6 Å². The van der Waals surface area contributed by atoms with Crippen LogP contribution in [-0.2, 0) is 0 Å². The summed E-state index contributed by atoms with van der Waals surface area (Å²) in [6, 6.07) is 19.5. The molecule has 2 aromatic rings. The van der Waals surface area contributed by atoms with Gasteiger partial charge in [0.25, 0.3) is 0 Å². The zero-order valence-electron chi connectivity index (χ0n) is 35.6. The van der Waals surface area contributed by atoms with Crippen LogP contribution in [0, 0.1) is 6.42 Å². The average molecular weight is 731 g/mol. The number of nitrogens with zero attached hydrogens (tertiary/aromatic N) is 1. The number of hydrogen-bond acceptors (Lipinski definition) is 2. The molecule has 303 valence electrons. The minimum atomic E-state index is 0.719. The van der Waals surface area contributed by atoms with Gasteiger partial charge in [-0.1, -0.05) is 237 Å². The Morgan fingerprint density at radius 3 is 1.09 bits per heavy atom. The number of ether oxygens (including phenoxy) is 1. The smallest absolute Gasteiger partial charge is 0.119 e. The van der Waals surface area contributed by atoms with Crippen LogP contribution in [0.4, 0.5) is 5.69 Å². The molecular weight excluding hydrogens is 643 g/mol. The fourth-order valence-corrected chi connectivity index (χ4v) is 7.81. The van der Waals surface area contributed by atoms with Gasteiger partial charge in [0.1, 0.15) is 5.75 Å². The number of para-hydroxylation sites is 1. The number of benzene rings is 2. The first-order valence-electron chi connectivity index (χ1n) is 23.7. The van der Waals surface area contributed by atoms with E-state index in [-0.39, 0.29) is 0 Å². The topological polar surface area (TPSA) is 12.5 Å². The monoisotopic (exact) mass is 731 g/mol. The first kappa shape index (κ1) is 47.2. The van der Waals surface area contributed by atoms with Gasteiger partial charge in [0.05, 0.1) is 6.61 Å². The quantitative estimate of drug-likeness (QED) is 0.0633. The normalized spacial score (nSPS) is 11.4. The van der Waals surface area contributed by atoms with Gasteiger partial charge in [0, 0.05) is 18.8 Å². The summed E-state index contributed by atoms with van der Waals surface area (Å²) in [7, 11) is 0. The van der Waals surface area contributed by atoms with Crippen molar-refractivity contribution in [3.63, 3.8) is 0 Å². The lowest BCUT2D eigenvalue weighted by atomic mass is 10.0. The molecule has 2 aromatic carbocycles. The number of rotatable bonds is 40. The highest BCUT2D eigenvalue weighted by Gasteiger charge is 2.08. The number of hydrogen-bond donors (Lipinski definition) is 0. The molecule has 0 fully saturated rings. The molecular formula is C51H88NO. The van der Waals surface area contributed by atoms with Crippen LogP contribution in [0.25, 0.3) is 0 Å². The van der Waals surface area contributed by atoms with Crippen molar-refractivity contribution in [2.45, 2.75) is 226 Å². The van der Waals surface area contributed by atoms with Gasteiger partial charge in [-0.2, -0.15) is 0 Å². The lowest BCUT2D eigenvalue weighted by molar-refractivity contribution is 0.321. The lowest BCUT2D eigenvalue weighted by Crippen LogP contribution is -2.25. The molecule has 0 unspecified atom stereocenters. The summed E-state index contributed by atoms with van der Waals surface area (Å²) < 4.78 is 5.89. The van der Waals surface area contributed by atoms with Crippen LogP contribution in [0.1, 0.15) is 231 Å². The molecule has 2 rings (SSSR count). The third kappa shape index (κ3) is 29.1. The fourth-order valence-electron chi connectivity index (χ4n) is 7.81. The molecule has 0 aliphatic carbocycles. The van der Waals surface area contributed by atoms with Crippen molar-refractivity contribution in [3.8, 4) is 5.75 Å². The Morgan fingerprint density at radius 2 is 0.736 bits per heavy atom. The Bertz CT molecular complexity index is 951. The maximum absolute atomic E-state index is 5.89. The van der Waals surface area contributed by atoms with E-state index in [0.29, 0.717) is 0 Å². The third-order valence-corrected chi connectivity index (χ3v) is 11.3. The van der Waals surface area contributed by atoms with Crippen LogP contribution in [-0.4, -0.2) is 19.7 Å². The molecule has 0 aliphatic rings. The van der Waals surface area contributed by atoms with Crippen LogP contribution in [0.5, 0.6) is 5.75 Å². The van der Waals surface area contributed by atoms with Crippen molar-refractivity contribution >= 4 is 5.69 Å². The van der Waals surface area contributed by atoms with Gasteiger partial charge in [0.2, 0.25) is 0 Å². The molecule has 2 heteroatoms. The maximum atomic E-state index is 5.89. The molecule has 0 N–H and O–H groups in total. The van der Waals surface area contributed by atoms with Crippen LogP contribution in [0.2, 0.25) is 0 Å². The molecule has 53 heavy (non-hydrogen) atoms. The SMILES string of the molecule is CCCCCCCCCCCCCCCCCCN(CCCCCCCCCCCCCCCCCC)c1ccc([CH]CCOc2ccccc2)cc1. The molecule has 0 heterocycles. The van der Waals surface area contributed by atoms with Gasteiger partial charge in [-0.05, 0) is 55.5 Å². The lowest BCUT2D eigenvalue weighted by Gasteiger charge is -2.25. The van der Waals surface area contributed by atoms with E-state index in [1.54, 1.807) is 0 Å². The average Bonchev–Trinajstić information content (AvgIpc) is 3.19. The van der Waals surface area contributed by atoms with E-state index >= 15 is 0 Å². The molecule has 0 saturated heterocycles. The minimum Gasteiger partial charge on any atom is -0.494 e. The second-order valence-electron chi connectivity index (χ2n) is 16.3. The molecule has 1 radical (unpaired) electrons. The van der Waals surface area contributed by atoms with E-state index in [4.69, 9.17) is 4.74 Å². The largest absolute Gasteiger partial charge is 0.494 e. The Kier molecular flexibility index (Phi) is 32.9. The fraction of sp³-hybridized carbons (Fsp3) is 0.745. The zero-order valence-corrected chi connectivity index (χ0v) is 35.6. The molecule has 0 spiro atoms. The summed E-state index contributed by atoms with van der Waals surface area (Å²) in [6.07, 6.45) is 49.0. The summed E-state index contributed by atoms with van der Waals surface area (Å²) in [5.74, 6) is 0.954. The second-order valence-corrected chi connectivity index (χ2v) is 16.3. The predicted molar refractivity (Wildman–Crippen MR) is 238 cm³/mol. The van der Waals surface area contributed by atoms with Gasteiger partial charge >= 0.3 is 0 Å². The molecule has 0 bridgehead atoms. The zero-order chi connectivity index (χ0) is 37.5. The van der Waals surface area contributed by atoms with Crippen LogP contribution in [0.3, 0.4) is 0 Å². The molecule has 2 nitrogen and oxygen atoms in total. The van der Waals surface area contributed by atoms with E-state index in [1.807, 2.05) is 30.3 Å². The summed E-state index contributed by atoms with van der Waals surface area (Å²) in [5, 5.41) is 0. The summed E-state index contributed by atoms with van der Waals surface area (Å²) in [6.45, 7) is 7.74. The van der Waals surface area contributed by atoms with Gasteiger partial charge in [-0.3, -0.25) is 0 Å². The van der Waals surface area contributed by atoms with E-state index in [9.17, 15) is 0 Å². The van der Waals surface area contributed by atoms with Gasteiger partial charge < -0.3 is 9.64 Å². The Labute approximate surface area is 332 Å². The molecule has 0 saturated carbocycles. The Balaban J connectivity index is 1.58. The highest BCUT2D eigenvalue weighted by atomic mass is 16.5. The molecule has 0 atom stereocenters. The van der Waals surface area contributed by atoms with Crippen molar-refractivity contribution in [2.75, 3.05) is 24.6 Å². The molecule has 0 aromatic heterocycles. The van der Waals surface area contributed by atoms with Crippen LogP contribution < -0.4 is 9.64 Å². The first-order valence-corrected chi connectivity index (χ1v) is 23.7. The maximum Gasteiger partial charge on any atom is 0.119 e. The standard InChI is InChI=1S/C51H88NO/c1-3-5-7-9-11-13-15-17-19-21-23-25-27-29-31-36-46-52(47-37-32-30-28-26-24-22-20-18-16-14-12-10-8-6-4-2)50-44-42-49(43-45-50)39-38-48-53-51-40-34-33-35-41-51/h33-35,39-45H,3-32,36-38,46-48H2,1-2H3. The highest BCUT2D eigenvalue weighted by molar-refractivity contribution is 5.48. The van der Waals surface area contributed by atoms with Crippen LogP contribution >= 0.6 is 0 Å². The second kappa shape index (κ2) is 37.0. The van der Waals surface area contributed by atoms with Crippen molar-refractivity contribution in [2.24, 2.45) is 0 Å². The molecule has 0 amide bonds. The van der Waals surface area contributed by atoms with Crippen molar-refractivity contribution in [3.05, 3.63) is 66.6 Å². The van der Waals surface area contributed by atoms with E-state index in [1.165, 1.54) is 230 Å². The predicted octanol–water partition coefficient (Wildman–Crippen LogP) is 17.0. The first-order chi connectivity index (χ1) is 26.3. The van der Waals surface area contributed by atoms with Gasteiger partial charge in [-0.15, -0.1) is 0 Å². The number of unbranched alkanes of at least 4 members (excludes halogenated alkanes) is 30. The van der Waals surface area contributed by atoms with Crippen molar-refractivity contribution < 1.29 is 4.74 Å². The molecule has 0 aliphatic heterocycles. The van der Waals surface area contributed by atoms with Gasteiger partial charge in [-0.25, -0.2) is 0 Å². The highest BCUT2D eigenvalue weighted by Crippen LogP contribution is 2.21. The van der Waals surface area contributed by atoms with Crippen molar-refractivity contribution in [1.29, 1.82) is 0 Å². The number of anilines is 1.